The predicted octanol–water partition coefficient (Wildman–Crippen LogP) is 1.20. The van der Waals surface area contributed by atoms with Crippen molar-refractivity contribution in [3.8, 4) is 0 Å². The van der Waals surface area contributed by atoms with E-state index in [0.29, 0.717) is 31.1 Å². The van der Waals surface area contributed by atoms with Gasteiger partial charge in [0, 0.05) is 25.2 Å². The number of nitrogens with two attached hydrogens (primary N) is 1. The number of carbonyl (C=O) groups is 1. The second-order valence-electron chi connectivity index (χ2n) is 5.65. The Kier molecular flexibility index (Phi) is 5.01. The summed E-state index contributed by atoms with van der Waals surface area (Å²) in [4.78, 5) is 16.8. The van der Waals surface area contributed by atoms with Crippen molar-refractivity contribution in [3.63, 3.8) is 0 Å². The van der Waals surface area contributed by atoms with Gasteiger partial charge in [0.2, 0.25) is 5.91 Å². The molecule has 0 bridgehead atoms. The van der Waals surface area contributed by atoms with Crippen molar-refractivity contribution in [2.24, 2.45) is 5.73 Å². The van der Waals surface area contributed by atoms with Crippen LogP contribution in [0.5, 0.6) is 0 Å². The molecular formula is C14H27N3O. The maximum atomic E-state index is 12.4. The van der Waals surface area contributed by atoms with Crippen molar-refractivity contribution in [2.75, 3.05) is 26.2 Å². The maximum Gasteiger partial charge on any atom is 0.237 e. The van der Waals surface area contributed by atoms with Crippen molar-refractivity contribution in [3.05, 3.63) is 0 Å². The minimum Gasteiger partial charge on any atom is -0.339 e. The first-order valence-electron chi connectivity index (χ1n) is 7.49. The van der Waals surface area contributed by atoms with Gasteiger partial charge in [-0.05, 0) is 45.1 Å². The maximum absolute atomic E-state index is 12.4. The molecule has 2 aliphatic heterocycles. The molecule has 2 N–H and O–H groups in total. The average Bonchev–Trinajstić information content (AvgIpc) is 2.85. The zero-order valence-electron chi connectivity index (χ0n) is 11.6. The van der Waals surface area contributed by atoms with E-state index >= 15 is 0 Å². The van der Waals surface area contributed by atoms with Gasteiger partial charge in [0.05, 0.1) is 6.54 Å². The van der Waals surface area contributed by atoms with E-state index in [1.807, 2.05) is 0 Å². The lowest BCUT2D eigenvalue weighted by molar-refractivity contribution is -0.136. The molecule has 0 saturated carbocycles. The van der Waals surface area contributed by atoms with Crippen molar-refractivity contribution in [1.29, 1.82) is 0 Å². The predicted molar refractivity (Wildman–Crippen MR) is 73.3 cm³/mol. The third-order valence-corrected chi connectivity index (χ3v) is 4.53. The molecule has 18 heavy (non-hydrogen) atoms. The second-order valence-corrected chi connectivity index (χ2v) is 5.65. The first kappa shape index (κ1) is 13.8. The Hall–Kier alpha value is -0.610. The SMILES string of the molecule is CCC1CCCCN1C(=O)CN1CCCC1CN. The van der Waals surface area contributed by atoms with Crippen LogP contribution in [0.1, 0.15) is 45.4 Å². The molecule has 2 aliphatic rings. The van der Waals surface area contributed by atoms with E-state index < -0.39 is 0 Å². The molecule has 0 spiro atoms. The molecule has 1 amide bonds. The first-order chi connectivity index (χ1) is 8.76. The van der Waals surface area contributed by atoms with Crippen LogP contribution < -0.4 is 5.73 Å². The Balaban J connectivity index is 1.89. The number of amides is 1. The molecule has 0 aromatic rings. The van der Waals surface area contributed by atoms with Crippen LogP contribution in [0, 0.1) is 0 Å². The van der Waals surface area contributed by atoms with Crippen molar-refractivity contribution in [1.82, 2.24) is 9.80 Å². The van der Waals surface area contributed by atoms with Crippen LogP contribution in [-0.4, -0.2) is 54.0 Å². The highest BCUT2D eigenvalue weighted by Gasteiger charge is 2.30. The molecule has 4 nitrogen and oxygen atoms in total. The molecule has 0 aromatic heterocycles. The molecule has 2 unspecified atom stereocenters. The summed E-state index contributed by atoms with van der Waals surface area (Å²) in [7, 11) is 0. The molecule has 0 aliphatic carbocycles. The normalized spacial score (nSPS) is 29.8. The van der Waals surface area contributed by atoms with Gasteiger partial charge >= 0.3 is 0 Å². The highest BCUT2D eigenvalue weighted by molar-refractivity contribution is 5.78. The van der Waals surface area contributed by atoms with Gasteiger partial charge in [-0.1, -0.05) is 6.92 Å². The van der Waals surface area contributed by atoms with Crippen molar-refractivity contribution < 1.29 is 4.79 Å². The number of likely N-dealkylation sites (tertiary alicyclic amines) is 2. The molecule has 0 aromatic carbocycles. The summed E-state index contributed by atoms with van der Waals surface area (Å²) in [5.41, 5.74) is 5.77. The molecular weight excluding hydrogens is 226 g/mol. The van der Waals surface area contributed by atoms with Gasteiger partial charge in [-0.2, -0.15) is 0 Å². The van der Waals surface area contributed by atoms with Gasteiger partial charge < -0.3 is 10.6 Å². The molecule has 0 radical (unpaired) electrons. The molecule has 2 fully saturated rings. The molecule has 2 heterocycles. The summed E-state index contributed by atoms with van der Waals surface area (Å²) in [6, 6.07) is 0.906. The average molecular weight is 253 g/mol. The quantitative estimate of drug-likeness (QED) is 0.819. The number of nitrogens with zero attached hydrogens (tertiary/aromatic N) is 2. The third-order valence-electron chi connectivity index (χ3n) is 4.53. The topological polar surface area (TPSA) is 49.6 Å². The number of hydrogen-bond donors (Lipinski definition) is 1. The zero-order chi connectivity index (χ0) is 13.0. The second kappa shape index (κ2) is 6.53. The van der Waals surface area contributed by atoms with E-state index in [0.717, 1.165) is 25.9 Å². The van der Waals surface area contributed by atoms with Gasteiger partial charge in [0.25, 0.3) is 0 Å². The third kappa shape index (κ3) is 3.04. The summed E-state index contributed by atoms with van der Waals surface area (Å²) >= 11 is 0. The van der Waals surface area contributed by atoms with Gasteiger partial charge in [-0.3, -0.25) is 9.69 Å². The highest BCUT2D eigenvalue weighted by Crippen LogP contribution is 2.21. The van der Waals surface area contributed by atoms with E-state index in [-0.39, 0.29) is 0 Å². The minimum absolute atomic E-state index is 0.321. The Morgan fingerprint density at radius 3 is 2.67 bits per heavy atom. The van der Waals surface area contributed by atoms with Crippen LogP contribution in [0.4, 0.5) is 0 Å². The van der Waals surface area contributed by atoms with Crippen molar-refractivity contribution in [2.45, 2.75) is 57.5 Å². The van der Waals surface area contributed by atoms with Crippen LogP contribution in [0.2, 0.25) is 0 Å². The number of hydrogen-bond acceptors (Lipinski definition) is 3. The fraction of sp³-hybridized carbons (Fsp3) is 0.929. The van der Waals surface area contributed by atoms with Crippen LogP contribution in [0.25, 0.3) is 0 Å². The summed E-state index contributed by atoms with van der Waals surface area (Å²) in [5, 5.41) is 0. The Morgan fingerprint density at radius 2 is 1.94 bits per heavy atom. The fourth-order valence-electron chi connectivity index (χ4n) is 3.39. The first-order valence-corrected chi connectivity index (χ1v) is 7.49. The minimum atomic E-state index is 0.321. The van der Waals surface area contributed by atoms with Crippen LogP contribution in [-0.2, 0) is 4.79 Å². The monoisotopic (exact) mass is 253 g/mol. The van der Waals surface area contributed by atoms with Gasteiger partial charge in [-0.25, -0.2) is 0 Å². The Labute approximate surface area is 110 Å². The lowest BCUT2D eigenvalue weighted by Gasteiger charge is -2.37. The van der Waals surface area contributed by atoms with Crippen LogP contribution in [0.3, 0.4) is 0 Å². The van der Waals surface area contributed by atoms with Gasteiger partial charge in [-0.15, -0.1) is 0 Å². The standard InChI is InChI=1S/C14H27N3O/c1-2-12-6-3-4-9-17(12)14(18)11-16-8-5-7-13(16)10-15/h12-13H,2-11,15H2,1H3. The summed E-state index contributed by atoms with van der Waals surface area (Å²) in [5.74, 6) is 0.321. The number of carbonyl (C=O) groups excluding carboxylic acids is 1. The van der Waals surface area contributed by atoms with E-state index in [1.54, 1.807) is 0 Å². The molecule has 104 valence electrons. The van der Waals surface area contributed by atoms with Gasteiger partial charge in [0.1, 0.15) is 0 Å². The van der Waals surface area contributed by atoms with Crippen molar-refractivity contribution >= 4 is 5.91 Å². The van der Waals surface area contributed by atoms with E-state index in [9.17, 15) is 4.79 Å². The number of piperidine rings is 1. The summed E-state index contributed by atoms with van der Waals surface area (Å²) in [6.45, 7) is 5.45. The van der Waals surface area contributed by atoms with Crippen LogP contribution in [0.15, 0.2) is 0 Å². The lowest BCUT2D eigenvalue weighted by atomic mass is 10.00. The van der Waals surface area contributed by atoms with E-state index in [1.165, 1.54) is 25.7 Å². The van der Waals surface area contributed by atoms with E-state index in [4.69, 9.17) is 5.73 Å². The fourth-order valence-corrected chi connectivity index (χ4v) is 3.39. The molecule has 2 saturated heterocycles. The Bertz CT molecular complexity index is 282. The lowest BCUT2D eigenvalue weighted by Crippen LogP contribution is -2.49. The smallest absolute Gasteiger partial charge is 0.237 e. The van der Waals surface area contributed by atoms with E-state index in [2.05, 4.69) is 16.7 Å². The molecule has 2 atom stereocenters. The zero-order valence-corrected chi connectivity index (χ0v) is 11.6. The molecule has 4 heteroatoms. The largest absolute Gasteiger partial charge is 0.339 e. The number of rotatable bonds is 4. The van der Waals surface area contributed by atoms with Crippen LogP contribution >= 0.6 is 0 Å². The van der Waals surface area contributed by atoms with Gasteiger partial charge in [0.15, 0.2) is 0 Å². The Morgan fingerprint density at radius 1 is 1.17 bits per heavy atom. The molecule has 2 rings (SSSR count). The summed E-state index contributed by atoms with van der Waals surface area (Å²) in [6.07, 6.45) is 7.06. The highest BCUT2D eigenvalue weighted by atomic mass is 16.2. The summed E-state index contributed by atoms with van der Waals surface area (Å²) < 4.78 is 0.